The Bertz CT molecular complexity index is 309. The lowest BCUT2D eigenvalue weighted by Crippen LogP contribution is -1.85. The number of benzene rings is 1. The summed E-state index contributed by atoms with van der Waals surface area (Å²) in [6, 6.07) is 10.3. The summed E-state index contributed by atoms with van der Waals surface area (Å²) in [6.45, 7) is 0. The van der Waals surface area contributed by atoms with Gasteiger partial charge in [-0.1, -0.05) is 36.8 Å². The molecule has 2 nitrogen and oxygen atoms in total. The normalized spacial score (nSPS) is 10.0. The zero-order valence-corrected chi connectivity index (χ0v) is 9.08. The van der Waals surface area contributed by atoms with Gasteiger partial charge in [0.2, 0.25) is 0 Å². The fourth-order valence-corrected chi connectivity index (χ4v) is 1.87. The Balaban J connectivity index is 2.10. The summed E-state index contributed by atoms with van der Waals surface area (Å²) in [6.07, 6.45) is 4.26. The van der Waals surface area contributed by atoms with Crippen LogP contribution in [0.4, 0.5) is 0 Å². The number of hydrogen-bond donors (Lipinski definition) is 0. The van der Waals surface area contributed by atoms with Crippen molar-refractivity contribution in [1.29, 1.82) is 0 Å². The summed E-state index contributed by atoms with van der Waals surface area (Å²) in [5.74, 6) is 0. The Morgan fingerprint density at radius 3 is 2.29 bits per heavy atom. The average Bonchev–Trinajstić information content (AvgIpc) is 2.18. The van der Waals surface area contributed by atoms with Gasteiger partial charge in [-0.25, -0.2) is 9.13 Å². The van der Waals surface area contributed by atoms with E-state index in [-0.39, 0.29) is 0 Å². The van der Waals surface area contributed by atoms with Crippen LogP contribution in [0.3, 0.4) is 0 Å². The van der Waals surface area contributed by atoms with Gasteiger partial charge in [-0.15, -0.1) is 0 Å². The predicted octanol–water partition coefficient (Wildman–Crippen LogP) is 3.57. The van der Waals surface area contributed by atoms with Crippen molar-refractivity contribution < 1.29 is 9.13 Å². The molecule has 0 atom stereocenters. The summed E-state index contributed by atoms with van der Waals surface area (Å²) in [5, 5.41) is 0. The molecular weight excluding hydrogens is 195 g/mol. The molecule has 0 fully saturated rings. The van der Waals surface area contributed by atoms with E-state index in [0.29, 0.717) is 6.16 Å². The molecule has 0 amide bonds. The van der Waals surface area contributed by atoms with Crippen molar-refractivity contribution in [2.45, 2.75) is 25.7 Å². The summed E-state index contributed by atoms with van der Waals surface area (Å²) in [4.78, 5) is 0. The van der Waals surface area contributed by atoms with Gasteiger partial charge in [0.25, 0.3) is 0 Å². The van der Waals surface area contributed by atoms with Crippen molar-refractivity contribution >= 4 is 7.68 Å². The molecule has 0 aliphatic heterocycles. The monoisotopic (exact) mass is 210 g/mol. The third-order valence-electron chi connectivity index (χ3n) is 2.15. The molecule has 1 aromatic carbocycles. The van der Waals surface area contributed by atoms with Gasteiger partial charge in [0.15, 0.2) is 0 Å². The van der Waals surface area contributed by atoms with Crippen LogP contribution >= 0.6 is 7.68 Å². The number of hydrogen-bond acceptors (Lipinski definition) is 2. The van der Waals surface area contributed by atoms with Crippen LogP contribution < -0.4 is 0 Å². The summed E-state index contributed by atoms with van der Waals surface area (Å²) >= 11 is 0. The zero-order chi connectivity index (χ0) is 10.2. The molecule has 0 aromatic heterocycles. The van der Waals surface area contributed by atoms with Gasteiger partial charge in [-0.05, 0) is 24.8 Å². The first-order chi connectivity index (χ1) is 6.79. The summed E-state index contributed by atoms with van der Waals surface area (Å²) < 4.78 is 20.5. The zero-order valence-electron chi connectivity index (χ0n) is 8.19. The average molecular weight is 210 g/mol. The van der Waals surface area contributed by atoms with Gasteiger partial charge in [-0.2, -0.15) is 0 Å². The molecule has 0 N–H and O–H groups in total. The van der Waals surface area contributed by atoms with Crippen LogP contribution in [0.5, 0.6) is 0 Å². The van der Waals surface area contributed by atoms with Crippen LogP contribution in [-0.4, -0.2) is 6.16 Å². The van der Waals surface area contributed by atoms with E-state index >= 15 is 0 Å². The molecule has 3 heteroatoms. The maximum absolute atomic E-state index is 10.3. The molecule has 0 bridgehead atoms. The standard InChI is InChI=1S/C11H15O2P/c12-14(13)10-6-2-5-9-11-7-3-1-4-8-11/h1,3-4,7-8H,2,5-6,9-10H2. The van der Waals surface area contributed by atoms with Gasteiger partial charge in [0, 0.05) is 0 Å². The molecule has 0 aliphatic carbocycles. The fourth-order valence-electron chi connectivity index (χ4n) is 1.39. The lowest BCUT2D eigenvalue weighted by molar-refractivity contribution is 0.512. The van der Waals surface area contributed by atoms with Crippen LogP contribution in [0.25, 0.3) is 0 Å². The van der Waals surface area contributed by atoms with Crippen LogP contribution in [0.1, 0.15) is 24.8 Å². The lowest BCUT2D eigenvalue weighted by Gasteiger charge is -1.99. The minimum atomic E-state index is -2.17. The largest absolute Gasteiger partial charge is 0.315 e. The Morgan fingerprint density at radius 1 is 0.929 bits per heavy atom. The molecule has 1 aromatic rings. The molecule has 0 radical (unpaired) electrons. The molecule has 0 heterocycles. The molecule has 0 unspecified atom stereocenters. The van der Waals surface area contributed by atoms with Crippen molar-refractivity contribution in [2.24, 2.45) is 0 Å². The van der Waals surface area contributed by atoms with E-state index in [9.17, 15) is 9.13 Å². The van der Waals surface area contributed by atoms with Gasteiger partial charge < -0.3 is 0 Å². The lowest BCUT2D eigenvalue weighted by atomic mass is 10.1. The second kappa shape index (κ2) is 6.56. The van der Waals surface area contributed by atoms with E-state index in [0.717, 1.165) is 25.7 Å². The Morgan fingerprint density at radius 2 is 1.64 bits per heavy atom. The van der Waals surface area contributed by atoms with Crippen LogP contribution in [0, 0.1) is 0 Å². The molecule has 14 heavy (non-hydrogen) atoms. The van der Waals surface area contributed by atoms with Gasteiger partial charge in [0.1, 0.15) is 0 Å². The van der Waals surface area contributed by atoms with Gasteiger partial charge in [-0.3, -0.25) is 0 Å². The molecule has 76 valence electrons. The number of aryl methyl sites for hydroxylation is 1. The minimum absolute atomic E-state index is 0.337. The van der Waals surface area contributed by atoms with Crippen molar-refractivity contribution in [3.05, 3.63) is 35.9 Å². The molecule has 0 saturated carbocycles. The highest BCUT2D eigenvalue weighted by molar-refractivity contribution is 7.30. The van der Waals surface area contributed by atoms with Crippen molar-refractivity contribution in [3.63, 3.8) is 0 Å². The molecule has 0 aliphatic rings. The minimum Gasteiger partial charge on any atom is -0.237 e. The van der Waals surface area contributed by atoms with Gasteiger partial charge in [0.05, 0.1) is 6.16 Å². The smallest absolute Gasteiger partial charge is 0.237 e. The van der Waals surface area contributed by atoms with E-state index < -0.39 is 7.68 Å². The highest BCUT2D eigenvalue weighted by atomic mass is 31.1. The quantitative estimate of drug-likeness (QED) is 0.531. The maximum Gasteiger partial charge on any atom is 0.315 e. The van der Waals surface area contributed by atoms with Crippen LogP contribution in [0.15, 0.2) is 30.3 Å². The van der Waals surface area contributed by atoms with Crippen LogP contribution in [-0.2, 0) is 15.6 Å². The SMILES string of the molecule is O=P(=O)CCCCCc1ccccc1. The van der Waals surface area contributed by atoms with E-state index in [1.807, 2.05) is 18.2 Å². The molecular formula is C11H15O2P. The van der Waals surface area contributed by atoms with E-state index in [2.05, 4.69) is 12.1 Å². The highest BCUT2D eigenvalue weighted by Gasteiger charge is 1.94. The Kier molecular flexibility index (Phi) is 5.24. The van der Waals surface area contributed by atoms with Crippen molar-refractivity contribution in [1.82, 2.24) is 0 Å². The molecule has 0 saturated heterocycles. The fraction of sp³-hybridized carbons (Fsp3) is 0.455. The first-order valence-electron chi connectivity index (χ1n) is 4.95. The van der Waals surface area contributed by atoms with E-state index in [1.165, 1.54) is 5.56 Å². The summed E-state index contributed by atoms with van der Waals surface area (Å²) in [7, 11) is -2.17. The van der Waals surface area contributed by atoms with Gasteiger partial charge >= 0.3 is 7.68 Å². The van der Waals surface area contributed by atoms with E-state index in [4.69, 9.17) is 0 Å². The first kappa shape index (κ1) is 11.2. The Hall–Kier alpha value is -0.880. The van der Waals surface area contributed by atoms with Crippen molar-refractivity contribution in [3.8, 4) is 0 Å². The maximum atomic E-state index is 10.3. The highest BCUT2D eigenvalue weighted by Crippen LogP contribution is 2.10. The third-order valence-corrected chi connectivity index (χ3v) is 2.83. The van der Waals surface area contributed by atoms with E-state index in [1.54, 1.807) is 0 Å². The topological polar surface area (TPSA) is 34.1 Å². The first-order valence-corrected chi connectivity index (χ1v) is 6.31. The van der Waals surface area contributed by atoms with Crippen LogP contribution in [0.2, 0.25) is 0 Å². The predicted molar refractivity (Wildman–Crippen MR) is 57.2 cm³/mol. The number of unbranched alkanes of at least 4 members (excludes halogenated alkanes) is 2. The molecule has 0 spiro atoms. The Labute approximate surface area is 85.2 Å². The van der Waals surface area contributed by atoms with Crippen molar-refractivity contribution in [2.75, 3.05) is 6.16 Å². The second-order valence-corrected chi connectivity index (χ2v) is 4.47. The summed E-state index contributed by atoms with van der Waals surface area (Å²) in [5.41, 5.74) is 1.33. The second-order valence-electron chi connectivity index (χ2n) is 3.35. The number of rotatable bonds is 6. The molecule has 1 rings (SSSR count). The third kappa shape index (κ3) is 4.98.